The summed E-state index contributed by atoms with van der Waals surface area (Å²) in [5.74, 6) is 0.583. The van der Waals surface area contributed by atoms with Gasteiger partial charge in [-0.05, 0) is 33.6 Å². The molecule has 1 aromatic rings. The summed E-state index contributed by atoms with van der Waals surface area (Å²) in [6, 6.07) is 3.64. The molecule has 5 heteroatoms. The van der Waals surface area contributed by atoms with Gasteiger partial charge in [0.05, 0.1) is 11.6 Å². The van der Waals surface area contributed by atoms with Crippen LogP contribution in [0, 0.1) is 0 Å². The van der Waals surface area contributed by atoms with Gasteiger partial charge in [-0.2, -0.15) is 0 Å². The molecule has 0 aliphatic carbocycles. The first-order chi connectivity index (χ1) is 7.54. The minimum atomic E-state index is 0.121. The fourth-order valence-corrected chi connectivity index (χ4v) is 1.92. The smallest absolute Gasteiger partial charge is 0.172 e. The van der Waals surface area contributed by atoms with E-state index in [1.807, 2.05) is 6.07 Å². The Labute approximate surface area is 112 Å². The maximum Gasteiger partial charge on any atom is 0.172 e. The number of phenols is 1. The molecule has 0 aliphatic heterocycles. The molecule has 0 heterocycles. The number of ether oxygens (including phenoxy) is 1. The van der Waals surface area contributed by atoms with Gasteiger partial charge in [-0.15, -0.1) is 0 Å². The largest absolute Gasteiger partial charge is 0.503 e. The molecule has 0 saturated heterocycles. The number of benzene rings is 1. The summed E-state index contributed by atoms with van der Waals surface area (Å²) in [4.78, 5) is 0. The maximum absolute atomic E-state index is 9.62. The SMILES string of the molecule is C=C(Br)CNCc1cc(Br)c(O)c(OC)c1. The van der Waals surface area contributed by atoms with Crippen LogP contribution in [0.1, 0.15) is 5.56 Å². The van der Waals surface area contributed by atoms with Gasteiger partial charge in [0.1, 0.15) is 0 Å². The summed E-state index contributed by atoms with van der Waals surface area (Å²) in [7, 11) is 1.53. The van der Waals surface area contributed by atoms with Crippen LogP contribution < -0.4 is 10.1 Å². The number of aromatic hydroxyl groups is 1. The molecular formula is C11H13Br2NO2. The Morgan fingerprint density at radius 3 is 2.81 bits per heavy atom. The van der Waals surface area contributed by atoms with E-state index in [2.05, 4.69) is 43.8 Å². The Hall–Kier alpha value is -0.520. The maximum atomic E-state index is 9.62. The Morgan fingerprint density at radius 2 is 2.25 bits per heavy atom. The third-order valence-electron chi connectivity index (χ3n) is 1.95. The average molecular weight is 351 g/mol. The highest BCUT2D eigenvalue weighted by Crippen LogP contribution is 2.35. The van der Waals surface area contributed by atoms with E-state index in [1.165, 1.54) is 7.11 Å². The van der Waals surface area contributed by atoms with Gasteiger partial charge in [0, 0.05) is 17.6 Å². The van der Waals surface area contributed by atoms with Crippen molar-refractivity contribution in [2.45, 2.75) is 6.54 Å². The van der Waals surface area contributed by atoms with Crippen molar-refractivity contribution in [3.8, 4) is 11.5 Å². The van der Waals surface area contributed by atoms with E-state index in [1.54, 1.807) is 6.07 Å². The molecule has 0 radical (unpaired) electrons. The zero-order chi connectivity index (χ0) is 12.1. The van der Waals surface area contributed by atoms with Crippen molar-refractivity contribution in [3.63, 3.8) is 0 Å². The van der Waals surface area contributed by atoms with Crippen LogP contribution in [0.4, 0.5) is 0 Å². The highest BCUT2D eigenvalue weighted by Gasteiger charge is 2.08. The molecule has 1 aromatic carbocycles. The van der Waals surface area contributed by atoms with Crippen LogP contribution in [0.25, 0.3) is 0 Å². The fraction of sp³-hybridized carbons (Fsp3) is 0.273. The van der Waals surface area contributed by atoms with Gasteiger partial charge >= 0.3 is 0 Å². The van der Waals surface area contributed by atoms with Crippen LogP contribution >= 0.6 is 31.9 Å². The molecule has 0 amide bonds. The van der Waals surface area contributed by atoms with E-state index in [0.29, 0.717) is 23.3 Å². The minimum Gasteiger partial charge on any atom is -0.503 e. The first kappa shape index (κ1) is 13.5. The molecule has 0 unspecified atom stereocenters. The number of rotatable bonds is 5. The summed E-state index contributed by atoms with van der Waals surface area (Å²) in [5.41, 5.74) is 1.02. The lowest BCUT2D eigenvalue weighted by Gasteiger charge is -2.09. The molecule has 3 nitrogen and oxygen atoms in total. The average Bonchev–Trinajstić information content (AvgIpc) is 2.22. The number of nitrogens with one attached hydrogen (secondary N) is 1. The van der Waals surface area contributed by atoms with Crippen LogP contribution in [-0.4, -0.2) is 18.8 Å². The van der Waals surface area contributed by atoms with E-state index in [4.69, 9.17) is 4.74 Å². The van der Waals surface area contributed by atoms with Crippen LogP contribution in [0.5, 0.6) is 11.5 Å². The molecule has 88 valence electrons. The molecule has 0 fully saturated rings. The molecule has 0 saturated carbocycles. The summed E-state index contributed by atoms with van der Waals surface area (Å²) < 4.78 is 6.59. The van der Waals surface area contributed by atoms with Gasteiger partial charge in [-0.1, -0.05) is 22.5 Å². The number of hydrogen-bond donors (Lipinski definition) is 2. The van der Waals surface area contributed by atoms with Crippen molar-refractivity contribution < 1.29 is 9.84 Å². The van der Waals surface area contributed by atoms with Gasteiger partial charge < -0.3 is 15.2 Å². The normalized spacial score (nSPS) is 10.2. The number of methoxy groups -OCH3 is 1. The van der Waals surface area contributed by atoms with Gasteiger partial charge in [0.2, 0.25) is 0 Å². The first-order valence-electron chi connectivity index (χ1n) is 4.64. The summed E-state index contributed by atoms with van der Waals surface area (Å²) >= 11 is 6.55. The van der Waals surface area contributed by atoms with Crippen LogP contribution in [0.2, 0.25) is 0 Å². The molecular weight excluding hydrogens is 338 g/mol. The van der Waals surface area contributed by atoms with Crippen LogP contribution in [0.15, 0.2) is 27.7 Å². The zero-order valence-corrected chi connectivity index (χ0v) is 12.1. The Kier molecular flexibility index (Phi) is 5.31. The van der Waals surface area contributed by atoms with Crippen molar-refractivity contribution in [1.29, 1.82) is 0 Å². The van der Waals surface area contributed by atoms with E-state index in [0.717, 1.165) is 10.0 Å². The Morgan fingerprint density at radius 1 is 1.56 bits per heavy atom. The highest BCUT2D eigenvalue weighted by molar-refractivity contribution is 9.11. The van der Waals surface area contributed by atoms with E-state index < -0.39 is 0 Å². The van der Waals surface area contributed by atoms with Gasteiger partial charge in [-0.25, -0.2) is 0 Å². The second kappa shape index (κ2) is 6.27. The number of phenolic OH excluding ortho intramolecular Hbond substituents is 1. The monoisotopic (exact) mass is 349 g/mol. The number of hydrogen-bond acceptors (Lipinski definition) is 3. The zero-order valence-electron chi connectivity index (χ0n) is 8.89. The van der Waals surface area contributed by atoms with Crippen molar-refractivity contribution in [3.05, 3.63) is 33.2 Å². The predicted octanol–water partition coefficient (Wildman–Crippen LogP) is 3.16. The Balaban J connectivity index is 2.74. The molecule has 0 atom stereocenters. The van der Waals surface area contributed by atoms with Crippen molar-refractivity contribution in [1.82, 2.24) is 5.32 Å². The van der Waals surface area contributed by atoms with E-state index >= 15 is 0 Å². The minimum absolute atomic E-state index is 0.121. The Bertz CT molecular complexity index is 394. The lowest BCUT2D eigenvalue weighted by molar-refractivity contribution is 0.371. The molecule has 0 aliphatic rings. The van der Waals surface area contributed by atoms with E-state index in [-0.39, 0.29) is 5.75 Å². The molecule has 0 bridgehead atoms. The number of halogens is 2. The van der Waals surface area contributed by atoms with Gasteiger partial charge in [-0.3, -0.25) is 0 Å². The van der Waals surface area contributed by atoms with E-state index in [9.17, 15) is 5.11 Å². The fourth-order valence-electron chi connectivity index (χ4n) is 1.23. The molecule has 0 aromatic heterocycles. The first-order valence-corrected chi connectivity index (χ1v) is 6.22. The second-order valence-electron chi connectivity index (χ2n) is 3.25. The molecule has 2 N–H and O–H groups in total. The third kappa shape index (κ3) is 3.81. The quantitative estimate of drug-likeness (QED) is 0.857. The van der Waals surface area contributed by atoms with Crippen molar-refractivity contribution in [2.75, 3.05) is 13.7 Å². The van der Waals surface area contributed by atoms with Crippen LogP contribution in [-0.2, 0) is 6.54 Å². The molecule has 1 rings (SSSR count). The lowest BCUT2D eigenvalue weighted by Crippen LogP contribution is -2.14. The van der Waals surface area contributed by atoms with Crippen molar-refractivity contribution >= 4 is 31.9 Å². The molecule has 16 heavy (non-hydrogen) atoms. The summed E-state index contributed by atoms with van der Waals surface area (Å²) in [5, 5.41) is 12.8. The third-order valence-corrected chi connectivity index (χ3v) is 2.84. The topological polar surface area (TPSA) is 41.5 Å². The van der Waals surface area contributed by atoms with Crippen LogP contribution in [0.3, 0.4) is 0 Å². The second-order valence-corrected chi connectivity index (χ2v) is 5.23. The summed E-state index contributed by atoms with van der Waals surface area (Å²) in [6.45, 7) is 5.11. The van der Waals surface area contributed by atoms with Gasteiger partial charge in [0.25, 0.3) is 0 Å². The highest BCUT2D eigenvalue weighted by atomic mass is 79.9. The lowest BCUT2D eigenvalue weighted by atomic mass is 10.2. The predicted molar refractivity (Wildman–Crippen MR) is 72.1 cm³/mol. The standard InChI is InChI=1S/C11H13Br2NO2/c1-7(12)5-14-6-8-3-9(13)11(15)10(4-8)16-2/h3-4,14-15H,1,5-6H2,2H3. The summed E-state index contributed by atoms with van der Waals surface area (Å²) in [6.07, 6.45) is 0. The van der Waals surface area contributed by atoms with Crippen molar-refractivity contribution in [2.24, 2.45) is 0 Å². The molecule has 0 spiro atoms. The van der Waals surface area contributed by atoms with Gasteiger partial charge in [0.15, 0.2) is 11.5 Å².